The molecule has 0 saturated carbocycles. The molecule has 1 fully saturated rings. The number of carbonyl (C=O) groups excluding carboxylic acids is 1. The number of hydrogen-bond donors (Lipinski definition) is 1. The van der Waals surface area contributed by atoms with Crippen LogP contribution in [0.15, 0.2) is 61.1 Å². The number of pyridine rings is 2. The molecule has 0 radical (unpaired) electrons. The normalized spacial score (nSPS) is 19.8. The molecular formula is C20H19N3O2. The molecule has 0 bridgehead atoms. The van der Waals surface area contributed by atoms with Crippen molar-refractivity contribution in [3.8, 4) is 0 Å². The molecule has 0 aliphatic carbocycles. The highest BCUT2D eigenvalue weighted by Crippen LogP contribution is 2.21. The van der Waals surface area contributed by atoms with E-state index in [0.29, 0.717) is 18.8 Å². The average Bonchev–Trinajstić information content (AvgIpc) is 3.08. The van der Waals surface area contributed by atoms with Gasteiger partial charge in [0, 0.05) is 29.9 Å². The van der Waals surface area contributed by atoms with Crippen molar-refractivity contribution >= 4 is 16.8 Å². The lowest BCUT2D eigenvalue weighted by Gasteiger charge is -2.19. The Labute approximate surface area is 146 Å². The highest BCUT2D eigenvalue weighted by Gasteiger charge is 2.30. The zero-order chi connectivity index (χ0) is 17.1. The molecule has 4 rings (SSSR count). The molecule has 1 N–H and O–H groups in total. The molecule has 1 aromatic carbocycles. The number of fused-ring (bicyclic) bond motifs is 1. The summed E-state index contributed by atoms with van der Waals surface area (Å²) >= 11 is 0. The van der Waals surface area contributed by atoms with E-state index in [9.17, 15) is 4.79 Å². The minimum Gasteiger partial charge on any atom is -0.379 e. The van der Waals surface area contributed by atoms with Crippen molar-refractivity contribution < 1.29 is 9.53 Å². The standard InChI is InChI=1S/C20H19N3O2/c24-20(17-5-1-3-15-4-2-8-22-19(15)17)23-18-13-25-12-16(18)11-14-6-9-21-10-7-14/h1-10,16,18H,11-13H2,(H,23,24)/t16-,18+/m1/s1. The van der Waals surface area contributed by atoms with Gasteiger partial charge in [0.25, 0.3) is 5.91 Å². The minimum absolute atomic E-state index is 0.000339. The summed E-state index contributed by atoms with van der Waals surface area (Å²) in [6.07, 6.45) is 6.16. The zero-order valence-electron chi connectivity index (χ0n) is 13.8. The van der Waals surface area contributed by atoms with Crippen LogP contribution in [0.4, 0.5) is 0 Å². The van der Waals surface area contributed by atoms with Gasteiger partial charge in [-0.25, -0.2) is 0 Å². The number of ether oxygens (including phenoxy) is 1. The van der Waals surface area contributed by atoms with Crippen LogP contribution in [0.3, 0.4) is 0 Å². The van der Waals surface area contributed by atoms with E-state index in [1.807, 2.05) is 42.5 Å². The van der Waals surface area contributed by atoms with E-state index in [1.54, 1.807) is 18.6 Å². The predicted octanol–water partition coefficient (Wildman–Crippen LogP) is 2.62. The zero-order valence-corrected chi connectivity index (χ0v) is 13.8. The highest BCUT2D eigenvalue weighted by molar-refractivity contribution is 6.05. The molecular weight excluding hydrogens is 314 g/mol. The molecule has 1 amide bonds. The third kappa shape index (κ3) is 3.37. The van der Waals surface area contributed by atoms with Gasteiger partial charge in [-0.3, -0.25) is 14.8 Å². The number of hydrogen-bond acceptors (Lipinski definition) is 4. The lowest BCUT2D eigenvalue weighted by Crippen LogP contribution is -2.40. The van der Waals surface area contributed by atoms with E-state index in [0.717, 1.165) is 17.3 Å². The van der Waals surface area contributed by atoms with Gasteiger partial charge < -0.3 is 10.1 Å². The molecule has 1 aliphatic heterocycles. The first-order valence-electron chi connectivity index (χ1n) is 8.42. The van der Waals surface area contributed by atoms with Gasteiger partial charge in [0.15, 0.2) is 0 Å². The molecule has 1 saturated heterocycles. The maximum atomic E-state index is 12.8. The number of nitrogens with one attached hydrogen (secondary N) is 1. The third-order valence-electron chi connectivity index (χ3n) is 4.64. The Kier molecular flexibility index (Phi) is 4.39. The summed E-state index contributed by atoms with van der Waals surface area (Å²) in [7, 11) is 0. The summed E-state index contributed by atoms with van der Waals surface area (Å²) in [6, 6.07) is 13.5. The Bertz CT molecular complexity index is 877. The van der Waals surface area contributed by atoms with Crippen LogP contribution in [0.25, 0.3) is 10.9 Å². The number of carbonyl (C=O) groups is 1. The van der Waals surface area contributed by atoms with Gasteiger partial charge in [-0.1, -0.05) is 18.2 Å². The van der Waals surface area contributed by atoms with Crippen molar-refractivity contribution in [1.82, 2.24) is 15.3 Å². The van der Waals surface area contributed by atoms with Gasteiger partial charge in [0.05, 0.1) is 30.3 Å². The largest absolute Gasteiger partial charge is 0.379 e. The number of amides is 1. The van der Waals surface area contributed by atoms with Crippen LogP contribution in [-0.2, 0) is 11.2 Å². The van der Waals surface area contributed by atoms with E-state index >= 15 is 0 Å². The lowest BCUT2D eigenvalue weighted by atomic mass is 9.95. The monoisotopic (exact) mass is 333 g/mol. The van der Waals surface area contributed by atoms with Gasteiger partial charge in [-0.15, -0.1) is 0 Å². The van der Waals surface area contributed by atoms with Gasteiger partial charge in [-0.05, 0) is 36.2 Å². The summed E-state index contributed by atoms with van der Waals surface area (Å²) in [5.41, 5.74) is 2.54. The Morgan fingerprint density at radius 2 is 1.92 bits per heavy atom. The van der Waals surface area contributed by atoms with Crippen molar-refractivity contribution in [2.45, 2.75) is 12.5 Å². The average molecular weight is 333 g/mol. The van der Waals surface area contributed by atoms with Gasteiger partial charge in [0.1, 0.15) is 0 Å². The first-order valence-corrected chi connectivity index (χ1v) is 8.42. The van der Waals surface area contributed by atoms with Gasteiger partial charge in [0.2, 0.25) is 0 Å². The highest BCUT2D eigenvalue weighted by atomic mass is 16.5. The van der Waals surface area contributed by atoms with Crippen LogP contribution in [0, 0.1) is 5.92 Å². The number of rotatable bonds is 4. The van der Waals surface area contributed by atoms with E-state index in [2.05, 4.69) is 15.3 Å². The van der Waals surface area contributed by atoms with E-state index < -0.39 is 0 Å². The maximum absolute atomic E-state index is 12.8. The Hall–Kier alpha value is -2.79. The fourth-order valence-electron chi connectivity index (χ4n) is 3.31. The Balaban J connectivity index is 1.51. The van der Waals surface area contributed by atoms with Crippen molar-refractivity contribution in [1.29, 1.82) is 0 Å². The minimum atomic E-state index is -0.0977. The second-order valence-electron chi connectivity index (χ2n) is 6.32. The molecule has 1 aliphatic rings. The van der Waals surface area contributed by atoms with Crippen molar-refractivity contribution in [3.05, 3.63) is 72.2 Å². The molecule has 5 heteroatoms. The van der Waals surface area contributed by atoms with Crippen LogP contribution in [-0.4, -0.2) is 35.1 Å². The summed E-state index contributed by atoms with van der Waals surface area (Å²) in [6.45, 7) is 1.20. The van der Waals surface area contributed by atoms with E-state index in [-0.39, 0.29) is 17.9 Å². The molecule has 3 heterocycles. The quantitative estimate of drug-likeness (QED) is 0.797. The topological polar surface area (TPSA) is 64.1 Å². The smallest absolute Gasteiger partial charge is 0.253 e. The van der Waals surface area contributed by atoms with Crippen LogP contribution < -0.4 is 5.32 Å². The fraction of sp³-hybridized carbons (Fsp3) is 0.250. The number of nitrogens with zero attached hydrogens (tertiary/aromatic N) is 2. The summed E-state index contributed by atoms with van der Waals surface area (Å²) in [4.78, 5) is 21.2. The van der Waals surface area contributed by atoms with Crippen LogP contribution >= 0.6 is 0 Å². The summed E-state index contributed by atoms with van der Waals surface area (Å²) < 4.78 is 5.62. The van der Waals surface area contributed by atoms with Crippen molar-refractivity contribution in [2.75, 3.05) is 13.2 Å². The second-order valence-corrected chi connectivity index (χ2v) is 6.32. The third-order valence-corrected chi connectivity index (χ3v) is 4.64. The molecule has 126 valence electrons. The Morgan fingerprint density at radius 3 is 2.80 bits per heavy atom. The molecule has 0 unspecified atom stereocenters. The summed E-state index contributed by atoms with van der Waals surface area (Å²) in [5.74, 6) is 0.161. The lowest BCUT2D eigenvalue weighted by molar-refractivity contribution is 0.0926. The first-order chi connectivity index (χ1) is 12.3. The van der Waals surface area contributed by atoms with Crippen molar-refractivity contribution in [3.63, 3.8) is 0 Å². The predicted molar refractivity (Wildman–Crippen MR) is 95.2 cm³/mol. The molecule has 0 spiro atoms. The second kappa shape index (κ2) is 6.99. The number of para-hydroxylation sites is 1. The van der Waals surface area contributed by atoms with Crippen LogP contribution in [0.5, 0.6) is 0 Å². The SMILES string of the molecule is O=C(N[C@H]1COC[C@H]1Cc1ccncc1)c1cccc2cccnc12. The molecule has 3 aromatic rings. The van der Waals surface area contributed by atoms with E-state index in [4.69, 9.17) is 4.74 Å². The Morgan fingerprint density at radius 1 is 1.08 bits per heavy atom. The van der Waals surface area contributed by atoms with Crippen molar-refractivity contribution in [2.24, 2.45) is 5.92 Å². The summed E-state index contributed by atoms with van der Waals surface area (Å²) in [5, 5.41) is 4.10. The molecule has 25 heavy (non-hydrogen) atoms. The van der Waals surface area contributed by atoms with Crippen LogP contribution in [0.1, 0.15) is 15.9 Å². The van der Waals surface area contributed by atoms with E-state index in [1.165, 1.54) is 5.56 Å². The number of aromatic nitrogens is 2. The maximum Gasteiger partial charge on any atom is 0.253 e. The van der Waals surface area contributed by atoms with Gasteiger partial charge >= 0.3 is 0 Å². The fourth-order valence-corrected chi connectivity index (χ4v) is 3.31. The molecule has 2 atom stereocenters. The van der Waals surface area contributed by atoms with Gasteiger partial charge in [-0.2, -0.15) is 0 Å². The first kappa shape index (κ1) is 15.7. The molecule has 2 aromatic heterocycles. The number of benzene rings is 1. The molecule has 5 nitrogen and oxygen atoms in total. The van der Waals surface area contributed by atoms with Crippen LogP contribution in [0.2, 0.25) is 0 Å².